The van der Waals surface area contributed by atoms with Crippen molar-refractivity contribution in [1.29, 1.82) is 0 Å². The third kappa shape index (κ3) is 5.20. The molecule has 2 amide bonds. The molecule has 4 rings (SSSR count). The second-order valence-electron chi connectivity index (χ2n) is 9.21. The zero-order chi connectivity index (χ0) is 26.1. The van der Waals surface area contributed by atoms with Gasteiger partial charge in [0.15, 0.2) is 5.82 Å². The highest BCUT2D eigenvalue weighted by Crippen LogP contribution is 2.39. The Balaban J connectivity index is 1.76. The number of rotatable bonds is 10. The number of sulfonamides is 1. The molecule has 2 atom stereocenters. The summed E-state index contributed by atoms with van der Waals surface area (Å²) >= 11 is 0. The lowest BCUT2D eigenvalue weighted by Crippen LogP contribution is -2.44. The van der Waals surface area contributed by atoms with E-state index in [0.29, 0.717) is 28.7 Å². The number of carbonyl (C=O) groups excluding carboxylic acids is 2. The van der Waals surface area contributed by atoms with Crippen LogP contribution in [0.4, 0.5) is 14.9 Å². The fourth-order valence-corrected chi connectivity index (χ4v) is 4.98. The van der Waals surface area contributed by atoms with Gasteiger partial charge in [-0.1, -0.05) is 38.3 Å². The van der Waals surface area contributed by atoms with Crippen molar-refractivity contribution in [1.82, 2.24) is 14.9 Å². The van der Waals surface area contributed by atoms with Gasteiger partial charge in [0.25, 0.3) is 11.5 Å². The van der Waals surface area contributed by atoms with Crippen LogP contribution in [0.2, 0.25) is 0 Å². The largest absolute Gasteiger partial charge is 0.424 e. The minimum Gasteiger partial charge on any atom is -0.424 e. The molecule has 0 aliphatic carbocycles. The van der Waals surface area contributed by atoms with Crippen molar-refractivity contribution in [2.24, 2.45) is 0 Å². The molecule has 0 spiro atoms. The van der Waals surface area contributed by atoms with Crippen molar-refractivity contribution in [3.63, 3.8) is 0 Å². The van der Waals surface area contributed by atoms with Gasteiger partial charge in [0, 0.05) is 12.5 Å². The lowest BCUT2D eigenvalue weighted by molar-refractivity contribution is -0.139. The predicted molar refractivity (Wildman–Crippen MR) is 133 cm³/mol. The van der Waals surface area contributed by atoms with Crippen LogP contribution in [0.25, 0.3) is 11.0 Å². The Morgan fingerprint density at radius 2 is 1.89 bits per heavy atom. The van der Waals surface area contributed by atoms with Crippen molar-refractivity contribution in [3.05, 3.63) is 59.7 Å². The second kappa shape index (κ2) is 9.88. The number of hydrogen-bond acceptors (Lipinski definition) is 6. The number of fused-ring (bicyclic) bond motifs is 1. The Bertz CT molecular complexity index is 1390. The zero-order valence-corrected chi connectivity index (χ0v) is 21.2. The Hall–Kier alpha value is -3.47. The van der Waals surface area contributed by atoms with Gasteiger partial charge in [-0.05, 0) is 49.2 Å². The molecule has 2 heterocycles. The number of ether oxygens (including phenoxy) is 1. The molecule has 2 N–H and O–H groups in total. The van der Waals surface area contributed by atoms with E-state index < -0.39 is 33.4 Å². The van der Waals surface area contributed by atoms with Crippen LogP contribution < -0.4 is 4.72 Å². The molecule has 1 fully saturated rings. The molecule has 1 aliphatic rings. The monoisotopic (exact) mass is 516 g/mol. The molecule has 0 radical (unpaired) electrons. The van der Waals surface area contributed by atoms with E-state index in [0.717, 1.165) is 30.4 Å². The Kier molecular flexibility index (Phi) is 7.03. The van der Waals surface area contributed by atoms with Crippen LogP contribution in [0.1, 0.15) is 50.9 Å². The summed E-state index contributed by atoms with van der Waals surface area (Å²) in [5, 5.41) is 0. The molecule has 0 unspecified atom stereocenters. The number of aromatic amines is 1. The van der Waals surface area contributed by atoms with Gasteiger partial charge in [0.2, 0.25) is 10.0 Å². The Morgan fingerprint density at radius 3 is 2.56 bits per heavy atom. The molecule has 2 aromatic carbocycles. The van der Waals surface area contributed by atoms with Crippen LogP contribution in [-0.2, 0) is 31.6 Å². The van der Waals surface area contributed by atoms with Gasteiger partial charge in [-0.25, -0.2) is 27.5 Å². The third-order valence-electron chi connectivity index (χ3n) is 6.22. The number of amides is 2. The molecule has 0 bridgehead atoms. The number of nitrogens with zero attached hydrogens (tertiary/aromatic N) is 2. The summed E-state index contributed by atoms with van der Waals surface area (Å²) < 4.78 is 45.0. The molecule has 9 nitrogen and oxygen atoms in total. The highest BCUT2D eigenvalue weighted by molar-refractivity contribution is 7.92. The number of anilines is 1. The number of cyclic esters (lactones) is 1. The number of aromatic nitrogens is 2. The van der Waals surface area contributed by atoms with Gasteiger partial charge in [-0.15, -0.1) is 0 Å². The first-order valence-corrected chi connectivity index (χ1v) is 13.7. The van der Waals surface area contributed by atoms with E-state index in [1.165, 1.54) is 30.3 Å². The van der Waals surface area contributed by atoms with E-state index in [1.807, 2.05) is 6.92 Å². The number of hydrogen-bond donors (Lipinski definition) is 2. The van der Waals surface area contributed by atoms with Crippen LogP contribution in [0.3, 0.4) is 0 Å². The van der Waals surface area contributed by atoms with Gasteiger partial charge >= 0.3 is 6.09 Å². The SMILES string of the molecule is CCCCC[C@@H](C)N1C(=O)O[C@](Cc2ccc(F)cc2)(c2nc3cc(NS(C)(=O)=O)ccc3[nH]2)C1=O. The lowest BCUT2D eigenvalue weighted by Gasteiger charge is -2.25. The van der Waals surface area contributed by atoms with Gasteiger partial charge in [0.05, 0.1) is 23.0 Å². The van der Waals surface area contributed by atoms with Crippen LogP contribution >= 0.6 is 0 Å². The lowest BCUT2D eigenvalue weighted by atomic mass is 9.92. The maximum absolute atomic E-state index is 13.9. The molecule has 1 saturated heterocycles. The molecule has 1 aromatic heterocycles. The molecule has 0 saturated carbocycles. The normalized spacial score (nSPS) is 19.1. The third-order valence-corrected chi connectivity index (χ3v) is 6.83. The first-order chi connectivity index (χ1) is 17.0. The number of imidazole rings is 1. The van der Waals surface area contributed by atoms with Gasteiger partial charge in [-0.3, -0.25) is 9.52 Å². The first-order valence-electron chi connectivity index (χ1n) is 11.8. The average Bonchev–Trinajstić information content (AvgIpc) is 3.33. The van der Waals surface area contributed by atoms with Gasteiger partial charge < -0.3 is 9.72 Å². The molecule has 36 heavy (non-hydrogen) atoms. The van der Waals surface area contributed by atoms with Crippen molar-refractivity contribution in [2.45, 2.75) is 57.6 Å². The Labute approximate surface area is 209 Å². The fraction of sp³-hybridized carbons (Fsp3) is 0.400. The quantitative estimate of drug-likeness (QED) is 0.384. The highest BCUT2D eigenvalue weighted by Gasteiger charge is 2.58. The fourth-order valence-electron chi connectivity index (χ4n) is 4.43. The summed E-state index contributed by atoms with van der Waals surface area (Å²) in [6.07, 6.45) is 3.72. The van der Waals surface area contributed by atoms with Crippen molar-refractivity contribution >= 4 is 38.7 Å². The van der Waals surface area contributed by atoms with Crippen molar-refractivity contribution < 1.29 is 27.1 Å². The standard InChI is InChI=1S/C25H29FN4O5S/c1-4-5-6-7-16(2)30-23(31)25(35-24(30)32,15-17-8-10-18(26)11-9-17)22-27-20-13-12-19(14-21(20)28-22)29-36(3,33)34/h8-14,16,29H,4-7,15H2,1-3H3,(H,27,28)/t16-,25-/m1/s1. The van der Waals surface area contributed by atoms with Crippen LogP contribution in [0.15, 0.2) is 42.5 Å². The van der Waals surface area contributed by atoms with Crippen LogP contribution in [0.5, 0.6) is 0 Å². The van der Waals surface area contributed by atoms with E-state index in [2.05, 4.69) is 21.6 Å². The summed E-state index contributed by atoms with van der Waals surface area (Å²) in [6, 6.07) is 9.94. The molecule has 3 aromatic rings. The van der Waals surface area contributed by atoms with Gasteiger partial charge in [-0.2, -0.15) is 0 Å². The summed E-state index contributed by atoms with van der Waals surface area (Å²) in [6.45, 7) is 3.89. The van der Waals surface area contributed by atoms with Crippen molar-refractivity contribution in [2.75, 3.05) is 11.0 Å². The number of carbonyl (C=O) groups is 2. The smallest absolute Gasteiger partial charge is 0.418 e. The average molecular weight is 517 g/mol. The summed E-state index contributed by atoms with van der Waals surface area (Å²) in [5.74, 6) is -0.863. The number of nitrogens with one attached hydrogen (secondary N) is 2. The predicted octanol–water partition coefficient (Wildman–Crippen LogP) is 4.46. The van der Waals surface area contributed by atoms with E-state index in [-0.39, 0.29) is 18.3 Å². The Morgan fingerprint density at radius 1 is 1.17 bits per heavy atom. The molecule has 1 aliphatic heterocycles. The summed E-state index contributed by atoms with van der Waals surface area (Å²) in [7, 11) is -3.50. The zero-order valence-electron chi connectivity index (χ0n) is 20.4. The minimum absolute atomic E-state index is 0.0513. The molecule has 192 valence electrons. The summed E-state index contributed by atoms with van der Waals surface area (Å²) in [4.78, 5) is 35.6. The first kappa shape index (κ1) is 25.6. The number of H-pyrrole nitrogens is 1. The number of unbranched alkanes of at least 4 members (excludes halogenated alkanes) is 2. The molecule has 11 heteroatoms. The summed E-state index contributed by atoms with van der Waals surface area (Å²) in [5.41, 5.74) is 0.0166. The topological polar surface area (TPSA) is 121 Å². The van der Waals surface area contributed by atoms with E-state index in [4.69, 9.17) is 4.74 Å². The van der Waals surface area contributed by atoms with E-state index in [1.54, 1.807) is 12.1 Å². The number of imide groups is 1. The number of benzene rings is 2. The minimum atomic E-state index is -3.50. The van der Waals surface area contributed by atoms with Crippen LogP contribution in [0, 0.1) is 5.82 Å². The number of halogens is 1. The van der Waals surface area contributed by atoms with E-state index >= 15 is 0 Å². The van der Waals surface area contributed by atoms with Crippen LogP contribution in [-0.4, -0.2) is 47.6 Å². The molecular formula is C25H29FN4O5S. The maximum Gasteiger partial charge on any atom is 0.418 e. The second-order valence-corrected chi connectivity index (χ2v) is 11.0. The van der Waals surface area contributed by atoms with E-state index in [9.17, 15) is 22.4 Å². The molecular weight excluding hydrogens is 487 g/mol. The maximum atomic E-state index is 13.9. The van der Waals surface area contributed by atoms with Crippen molar-refractivity contribution in [3.8, 4) is 0 Å². The highest BCUT2D eigenvalue weighted by atomic mass is 32.2. The van der Waals surface area contributed by atoms with Gasteiger partial charge in [0.1, 0.15) is 5.82 Å².